The second-order valence-corrected chi connectivity index (χ2v) is 4.97. The van der Waals surface area contributed by atoms with Gasteiger partial charge in [0.1, 0.15) is 0 Å². The fourth-order valence-electron chi connectivity index (χ4n) is 2.13. The summed E-state index contributed by atoms with van der Waals surface area (Å²) in [5, 5.41) is 8.35. The lowest BCUT2D eigenvalue weighted by Gasteiger charge is -2.07. The summed E-state index contributed by atoms with van der Waals surface area (Å²) in [6.45, 7) is 0.240. The SMILES string of the molecule is c1cc[n+]([N-]c2ccc(N=Nc3ccc4c(c3)OCO4)cn2)cc1. The highest BCUT2D eigenvalue weighted by Gasteiger charge is 2.12. The Morgan fingerprint density at radius 1 is 0.917 bits per heavy atom. The second kappa shape index (κ2) is 6.33. The molecule has 118 valence electrons. The molecule has 0 atom stereocenters. The molecular formula is C17H13N5O2. The van der Waals surface area contributed by atoms with Gasteiger partial charge in [-0.1, -0.05) is 18.3 Å². The van der Waals surface area contributed by atoms with Crippen LogP contribution in [0.15, 0.2) is 77.3 Å². The molecular weight excluding hydrogens is 306 g/mol. The van der Waals surface area contributed by atoms with Crippen LogP contribution < -0.4 is 14.1 Å². The van der Waals surface area contributed by atoms with Crippen molar-refractivity contribution in [2.45, 2.75) is 0 Å². The van der Waals surface area contributed by atoms with Gasteiger partial charge < -0.3 is 14.5 Å². The van der Waals surface area contributed by atoms with E-state index in [1.165, 1.54) is 0 Å². The summed E-state index contributed by atoms with van der Waals surface area (Å²) in [5.41, 5.74) is 5.67. The molecule has 1 aliphatic rings. The van der Waals surface area contributed by atoms with Crippen LogP contribution in [0.2, 0.25) is 0 Å². The number of fused-ring (bicyclic) bond motifs is 1. The Balaban J connectivity index is 1.45. The average Bonchev–Trinajstić information content (AvgIpc) is 3.10. The van der Waals surface area contributed by atoms with Crippen molar-refractivity contribution in [1.82, 2.24) is 4.98 Å². The first-order valence-electron chi connectivity index (χ1n) is 7.33. The van der Waals surface area contributed by atoms with E-state index in [9.17, 15) is 0 Å². The van der Waals surface area contributed by atoms with Gasteiger partial charge in [-0.3, -0.25) is 0 Å². The first-order chi connectivity index (χ1) is 11.9. The monoisotopic (exact) mass is 319 g/mol. The predicted octanol–water partition coefficient (Wildman–Crippen LogP) is 3.98. The molecule has 0 N–H and O–H groups in total. The first-order valence-corrected chi connectivity index (χ1v) is 7.33. The van der Waals surface area contributed by atoms with Crippen molar-refractivity contribution < 1.29 is 14.1 Å². The highest BCUT2D eigenvalue weighted by Crippen LogP contribution is 2.35. The molecule has 0 amide bonds. The van der Waals surface area contributed by atoms with Crippen LogP contribution in [0.4, 0.5) is 17.2 Å². The molecule has 1 aromatic carbocycles. The van der Waals surface area contributed by atoms with E-state index in [1.807, 2.05) is 48.8 Å². The van der Waals surface area contributed by atoms with E-state index >= 15 is 0 Å². The van der Waals surface area contributed by atoms with Crippen LogP contribution in [0.25, 0.3) is 5.43 Å². The van der Waals surface area contributed by atoms with Gasteiger partial charge in [0.15, 0.2) is 23.9 Å². The molecule has 0 saturated heterocycles. The van der Waals surface area contributed by atoms with Crippen molar-refractivity contribution in [2.75, 3.05) is 6.79 Å². The molecule has 0 unspecified atom stereocenters. The first kappa shape index (κ1) is 14.1. The van der Waals surface area contributed by atoms with Crippen LogP contribution in [0.1, 0.15) is 0 Å². The molecule has 7 heteroatoms. The fourth-order valence-corrected chi connectivity index (χ4v) is 2.13. The van der Waals surface area contributed by atoms with E-state index in [4.69, 9.17) is 9.47 Å². The van der Waals surface area contributed by atoms with E-state index in [-0.39, 0.29) is 6.79 Å². The summed E-state index contributed by atoms with van der Waals surface area (Å²) in [6, 6.07) is 14.7. The lowest BCUT2D eigenvalue weighted by atomic mass is 10.3. The molecule has 3 aromatic rings. The van der Waals surface area contributed by atoms with Gasteiger partial charge >= 0.3 is 0 Å². The minimum absolute atomic E-state index is 0.240. The van der Waals surface area contributed by atoms with Gasteiger partial charge in [-0.05, 0) is 18.2 Å². The summed E-state index contributed by atoms with van der Waals surface area (Å²) in [4.78, 5) is 4.26. The normalized spacial score (nSPS) is 12.5. The molecule has 0 radical (unpaired) electrons. The van der Waals surface area contributed by atoms with Crippen LogP contribution in [-0.4, -0.2) is 11.8 Å². The summed E-state index contributed by atoms with van der Waals surface area (Å²) < 4.78 is 12.3. The molecule has 1 aliphatic heterocycles. The number of hydrogen-bond acceptors (Lipinski definition) is 5. The van der Waals surface area contributed by atoms with Crippen molar-refractivity contribution in [2.24, 2.45) is 10.2 Å². The second-order valence-electron chi connectivity index (χ2n) is 4.97. The molecule has 2 aromatic heterocycles. The Kier molecular flexibility index (Phi) is 3.73. The molecule has 0 saturated carbocycles. The molecule has 0 spiro atoms. The van der Waals surface area contributed by atoms with Gasteiger partial charge in [-0.2, -0.15) is 20.3 Å². The van der Waals surface area contributed by atoms with Crippen LogP contribution in [-0.2, 0) is 0 Å². The zero-order valence-corrected chi connectivity index (χ0v) is 12.6. The van der Waals surface area contributed by atoms with Crippen LogP contribution in [0.3, 0.4) is 0 Å². The number of ether oxygens (including phenoxy) is 2. The number of benzene rings is 1. The van der Waals surface area contributed by atoms with Gasteiger partial charge in [0.05, 0.1) is 11.4 Å². The zero-order valence-electron chi connectivity index (χ0n) is 12.6. The van der Waals surface area contributed by atoms with Crippen molar-refractivity contribution >= 4 is 17.2 Å². The van der Waals surface area contributed by atoms with Crippen molar-refractivity contribution in [3.63, 3.8) is 0 Å². The molecule has 0 fully saturated rings. The third-order valence-corrected chi connectivity index (χ3v) is 3.29. The number of azo groups is 1. The summed E-state index contributed by atoms with van der Waals surface area (Å²) in [5.74, 6) is 1.99. The maximum atomic E-state index is 5.31. The maximum absolute atomic E-state index is 5.31. The molecule has 4 rings (SSSR count). The topological polar surface area (TPSA) is 74.1 Å². The number of pyridine rings is 2. The highest BCUT2D eigenvalue weighted by molar-refractivity contribution is 5.52. The van der Waals surface area contributed by atoms with Crippen LogP contribution in [0.5, 0.6) is 11.5 Å². The third kappa shape index (κ3) is 3.14. The van der Waals surface area contributed by atoms with Gasteiger partial charge in [-0.15, -0.1) is 0 Å². The molecule has 3 heterocycles. The summed E-state index contributed by atoms with van der Waals surface area (Å²) in [6.07, 6.45) is 5.31. The zero-order chi connectivity index (χ0) is 16.2. The Hall–Kier alpha value is -3.48. The largest absolute Gasteiger partial charge is 0.454 e. The Labute approximate surface area is 138 Å². The number of rotatable bonds is 4. The Morgan fingerprint density at radius 2 is 1.71 bits per heavy atom. The summed E-state index contributed by atoms with van der Waals surface area (Å²) in [7, 11) is 0. The van der Waals surface area contributed by atoms with Crippen LogP contribution in [0, 0.1) is 0 Å². The predicted molar refractivity (Wildman–Crippen MR) is 86.0 cm³/mol. The molecule has 0 aliphatic carbocycles. The van der Waals surface area contributed by atoms with Crippen LogP contribution >= 0.6 is 0 Å². The minimum atomic E-state index is 0.240. The number of hydrogen-bond donors (Lipinski definition) is 0. The minimum Gasteiger partial charge on any atom is -0.454 e. The number of nitrogens with zero attached hydrogens (tertiary/aromatic N) is 5. The molecule has 24 heavy (non-hydrogen) atoms. The van der Waals surface area contributed by atoms with Gasteiger partial charge in [0.25, 0.3) is 0 Å². The standard InChI is InChI=1S/C17H13N5O2/c1-2-8-22(9-3-1)21-17-7-5-14(11-18-17)20-19-13-4-6-15-16(10-13)24-12-23-15/h1-11H,12H2. The maximum Gasteiger partial charge on any atom is 0.231 e. The number of aromatic nitrogens is 2. The van der Waals surface area contributed by atoms with E-state index in [0.717, 1.165) is 5.75 Å². The Morgan fingerprint density at radius 3 is 2.54 bits per heavy atom. The average molecular weight is 319 g/mol. The molecule has 0 bridgehead atoms. The van der Waals surface area contributed by atoms with E-state index < -0.39 is 0 Å². The van der Waals surface area contributed by atoms with Crippen molar-refractivity contribution in [3.05, 3.63) is 72.5 Å². The smallest absolute Gasteiger partial charge is 0.231 e. The fraction of sp³-hybridized carbons (Fsp3) is 0.0588. The quantitative estimate of drug-likeness (QED) is 0.539. The van der Waals surface area contributed by atoms with Crippen molar-refractivity contribution in [1.29, 1.82) is 0 Å². The lowest BCUT2D eigenvalue weighted by molar-refractivity contribution is -0.619. The highest BCUT2D eigenvalue weighted by atomic mass is 16.7. The van der Waals surface area contributed by atoms with Gasteiger partial charge in [-0.25, -0.2) is 0 Å². The molecule has 7 nitrogen and oxygen atoms in total. The van der Waals surface area contributed by atoms with Gasteiger partial charge in [0.2, 0.25) is 6.79 Å². The summed E-state index contributed by atoms with van der Waals surface area (Å²) >= 11 is 0. The Bertz CT molecular complexity index is 866. The van der Waals surface area contributed by atoms with Gasteiger partial charge in [0, 0.05) is 24.0 Å². The van der Waals surface area contributed by atoms with E-state index in [0.29, 0.717) is 22.9 Å². The van der Waals surface area contributed by atoms with E-state index in [2.05, 4.69) is 20.6 Å². The lowest BCUT2D eigenvalue weighted by Crippen LogP contribution is -2.26. The van der Waals surface area contributed by atoms with Crippen molar-refractivity contribution in [3.8, 4) is 11.5 Å². The third-order valence-electron chi connectivity index (χ3n) is 3.29. The van der Waals surface area contributed by atoms with E-state index in [1.54, 1.807) is 23.0 Å².